The second-order valence-electron chi connectivity index (χ2n) is 8.52. The number of anilines is 1. The topological polar surface area (TPSA) is 93.1 Å². The minimum absolute atomic E-state index is 0.119. The number of hydrogen-bond acceptors (Lipinski definition) is 4. The summed E-state index contributed by atoms with van der Waals surface area (Å²) < 4.78 is 28.2. The molecule has 176 valence electrons. The van der Waals surface area contributed by atoms with Gasteiger partial charge in [0.15, 0.2) is 0 Å². The summed E-state index contributed by atoms with van der Waals surface area (Å²) in [5.74, 6) is 0.579. The van der Waals surface area contributed by atoms with Crippen LogP contribution in [0, 0.1) is 6.92 Å². The third-order valence-electron chi connectivity index (χ3n) is 5.70. The number of sulfonamides is 1. The van der Waals surface area contributed by atoms with Crippen molar-refractivity contribution in [3.63, 3.8) is 0 Å². The van der Waals surface area contributed by atoms with Gasteiger partial charge in [0, 0.05) is 13.1 Å². The van der Waals surface area contributed by atoms with E-state index >= 15 is 0 Å². The number of carbonyl (C=O) groups is 1. The first kappa shape index (κ1) is 23.5. The van der Waals surface area contributed by atoms with Gasteiger partial charge in [-0.1, -0.05) is 67.6 Å². The van der Waals surface area contributed by atoms with Gasteiger partial charge in [-0.05, 0) is 36.1 Å². The van der Waals surface area contributed by atoms with Crippen molar-refractivity contribution >= 4 is 32.7 Å². The molecule has 0 bridgehead atoms. The molecule has 2 N–H and O–H groups in total. The smallest absolute Gasteiger partial charge is 0.253 e. The summed E-state index contributed by atoms with van der Waals surface area (Å²) in [6.45, 7) is 4.92. The van der Waals surface area contributed by atoms with E-state index in [4.69, 9.17) is 0 Å². The summed E-state index contributed by atoms with van der Waals surface area (Å²) in [5.41, 5.74) is 4.12. The van der Waals surface area contributed by atoms with Crippen molar-refractivity contribution in [3.05, 3.63) is 95.3 Å². The molecule has 0 radical (unpaired) electrons. The predicted molar refractivity (Wildman–Crippen MR) is 136 cm³/mol. The molecule has 3 aromatic carbocycles. The van der Waals surface area contributed by atoms with Crippen molar-refractivity contribution in [3.8, 4) is 0 Å². The first-order valence-corrected chi connectivity index (χ1v) is 13.0. The minimum atomic E-state index is -3.52. The van der Waals surface area contributed by atoms with Crippen LogP contribution in [0.25, 0.3) is 11.0 Å². The summed E-state index contributed by atoms with van der Waals surface area (Å²) in [6.07, 6.45) is 1.08. The molecule has 8 heteroatoms. The maximum absolute atomic E-state index is 13.4. The zero-order valence-corrected chi connectivity index (χ0v) is 20.3. The van der Waals surface area contributed by atoms with Gasteiger partial charge in [0.05, 0.1) is 28.5 Å². The van der Waals surface area contributed by atoms with E-state index in [-0.39, 0.29) is 11.8 Å². The summed E-state index contributed by atoms with van der Waals surface area (Å²) in [5, 5.41) is 3.02. The highest BCUT2D eigenvalue weighted by atomic mass is 32.2. The number of hydrogen-bond donors (Lipinski definition) is 2. The van der Waals surface area contributed by atoms with E-state index in [1.165, 1.54) is 0 Å². The Labute approximate surface area is 199 Å². The van der Waals surface area contributed by atoms with Crippen molar-refractivity contribution < 1.29 is 13.2 Å². The Hall–Kier alpha value is -3.65. The molecule has 1 atom stereocenters. The minimum Gasteiger partial charge on any atom is -0.351 e. The molecular formula is C26H28N4O3S. The quantitative estimate of drug-likeness (QED) is 0.397. The van der Waals surface area contributed by atoms with E-state index in [0.29, 0.717) is 35.4 Å². The Bertz CT molecular complexity index is 1410. The molecule has 0 saturated heterocycles. The fraction of sp³-hybridized carbons (Fsp3) is 0.231. The van der Waals surface area contributed by atoms with Crippen LogP contribution < -0.4 is 10.0 Å². The van der Waals surface area contributed by atoms with Crippen LogP contribution in [0.15, 0.2) is 72.8 Å². The molecular weight excluding hydrogens is 448 g/mol. The highest BCUT2D eigenvalue weighted by Gasteiger charge is 2.20. The van der Waals surface area contributed by atoms with E-state index in [0.717, 1.165) is 23.2 Å². The average molecular weight is 477 g/mol. The average Bonchev–Trinajstić information content (AvgIpc) is 3.11. The Morgan fingerprint density at radius 3 is 2.32 bits per heavy atom. The second kappa shape index (κ2) is 9.69. The van der Waals surface area contributed by atoms with Gasteiger partial charge >= 0.3 is 0 Å². The third kappa shape index (κ3) is 5.46. The molecule has 4 rings (SSSR count). The molecule has 34 heavy (non-hydrogen) atoms. The maximum atomic E-state index is 13.4. The number of amides is 1. The first-order chi connectivity index (χ1) is 16.2. The van der Waals surface area contributed by atoms with Crippen LogP contribution in [0.4, 0.5) is 5.69 Å². The van der Waals surface area contributed by atoms with Gasteiger partial charge in [-0.2, -0.15) is 0 Å². The largest absolute Gasteiger partial charge is 0.351 e. The van der Waals surface area contributed by atoms with Crippen molar-refractivity contribution in [2.45, 2.75) is 26.3 Å². The Balaban J connectivity index is 1.73. The molecule has 1 aromatic heterocycles. The Morgan fingerprint density at radius 1 is 1.03 bits per heavy atom. The van der Waals surface area contributed by atoms with Crippen molar-refractivity contribution in [2.75, 3.05) is 17.5 Å². The van der Waals surface area contributed by atoms with Gasteiger partial charge in [0.1, 0.15) is 5.82 Å². The molecule has 7 nitrogen and oxygen atoms in total. The van der Waals surface area contributed by atoms with Crippen LogP contribution >= 0.6 is 0 Å². The standard InChI is InChI=1S/C26H28N4O3S/c1-18(21-12-8-5-9-13-21)16-27-26(31)23-14-22(29-34(3,32)33)15-24-25(23)30(19(2)28-24)17-20-10-6-4-7-11-20/h4-15,18,29H,16-17H2,1-3H3,(H,27,31)/t18-/m0/s1. The number of nitrogens with one attached hydrogen (secondary N) is 2. The number of fused-ring (bicyclic) bond motifs is 1. The molecule has 0 spiro atoms. The van der Waals surface area contributed by atoms with Crippen LogP contribution in [-0.4, -0.2) is 36.7 Å². The lowest BCUT2D eigenvalue weighted by atomic mass is 10.0. The van der Waals surface area contributed by atoms with Crippen molar-refractivity contribution in [1.82, 2.24) is 14.9 Å². The SMILES string of the molecule is Cc1nc2cc(NS(C)(=O)=O)cc(C(=O)NC[C@H](C)c3ccccc3)c2n1Cc1ccccc1. The molecule has 0 unspecified atom stereocenters. The summed E-state index contributed by atoms with van der Waals surface area (Å²) in [4.78, 5) is 18.0. The lowest BCUT2D eigenvalue weighted by Gasteiger charge is -2.15. The van der Waals surface area contributed by atoms with Gasteiger partial charge in [0.2, 0.25) is 10.0 Å². The Morgan fingerprint density at radius 2 is 1.68 bits per heavy atom. The molecule has 0 aliphatic heterocycles. The lowest BCUT2D eigenvalue weighted by molar-refractivity contribution is 0.0953. The fourth-order valence-corrected chi connectivity index (χ4v) is 4.58. The monoisotopic (exact) mass is 476 g/mol. The zero-order valence-electron chi connectivity index (χ0n) is 19.4. The predicted octanol–water partition coefficient (Wildman–Crippen LogP) is 4.30. The molecule has 0 aliphatic carbocycles. The van der Waals surface area contributed by atoms with E-state index in [1.54, 1.807) is 12.1 Å². The van der Waals surface area contributed by atoms with Gasteiger partial charge < -0.3 is 9.88 Å². The van der Waals surface area contributed by atoms with E-state index < -0.39 is 10.0 Å². The highest BCUT2D eigenvalue weighted by Crippen LogP contribution is 2.27. The zero-order chi connectivity index (χ0) is 24.3. The molecule has 1 heterocycles. The molecule has 4 aromatic rings. The summed E-state index contributed by atoms with van der Waals surface area (Å²) in [6, 6.07) is 23.1. The summed E-state index contributed by atoms with van der Waals surface area (Å²) in [7, 11) is -3.52. The molecule has 0 fully saturated rings. The van der Waals surface area contributed by atoms with Gasteiger partial charge in [-0.25, -0.2) is 13.4 Å². The van der Waals surface area contributed by atoms with Crippen LogP contribution in [0.5, 0.6) is 0 Å². The van der Waals surface area contributed by atoms with Crippen LogP contribution in [-0.2, 0) is 16.6 Å². The lowest BCUT2D eigenvalue weighted by Crippen LogP contribution is -2.28. The molecule has 1 amide bonds. The normalized spacial score (nSPS) is 12.4. The number of rotatable bonds is 8. The number of aromatic nitrogens is 2. The van der Waals surface area contributed by atoms with Crippen molar-refractivity contribution in [2.24, 2.45) is 0 Å². The van der Waals surface area contributed by atoms with E-state index in [1.807, 2.05) is 72.2 Å². The number of nitrogens with zero attached hydrogens (tertiary/aromatic N) is 2. The van der Waals surface area contributed by atoms with Crippen LogP contribution in [0.1, 0.15) is 40.2 Å². The fourth-order valence-electron chi connectivity index (χ4n) is 4.03. The second-order valence-corrected chi connectivity index (χ2v) is 10.3. The van der Waals surface area contributed by atoms with Gasteiger partial charge in [0.25, 0.3) is 5.91 Å². The summed E-state index contributed by atoms with van der Waals surface area (Å²) >= 11 is 0. The van der Waals surface area contributed by atoms with E-state index in [9.17, 15) is 13.2 Å². The molecule has 0 saturated carbocycles. The molecule has 0 aliphatic rings. The number of carbonyl (C=O) groups excluding carboxylic acids is 1. The first-order valence-electron chi connectivity index (χ1n) is 11.1. The number of imidazole rings is 1. The number of benzene rings is 3. The van der Waals surface area contributed by atoms with Crippen LogP contribution in [0.3, 0.4) is 0 Å². The number of aryl methyl sites for hydroxylation is 1. The maximum Gasteiger partial charge on any atom is 0.253 e. The Kier molecular flexibility index (Phi) is 6.70. The third-order valence-corrected chi connectivity index (χ3v) is 6.31. The van der Waals surface area contributed by atoms with Gasteiger partial charge in [-0.3, -0.25) is 9.52 Å². The van der Waals surface area contributed by atoms with E-state index in [2.05, 4.69) is 21.9 Å². The van der Waals surface area contributed by atoms with Crippen molar-refractivity contribution in [1.29, 1.82) is 0 Å². The van der Waals surface area contributed by atoms with Gasteiger partial charge in [-0.15, -0.1) is 0 Å². The van der Waals surface area contributed by atoms with Crippen LogP contribution in [0.2, 0.25) is 0 Å². The highest BCUT2D eigenvalue weighted by molar-refractivity contribution is 7.92.